The molecule has 0 spiro atoms. The van der Waals surface area contributed by atoms with Crippen LogP contribution in [-0.2, 0) is 9.63 Å². The number of carbonyl (C=O) groups excluding carboxylic acids is 1. The molecule has 4 rings (SSSR count). The number of benzene rings is 2. The van der Waals surface area contributed by atoms with Gasteiger partial charge in [0.25, 0.3) is 0 Å². The van der Waals surface area contributed by atoms with Crippen molar-refractivity contribution in [3.05, 3.63) is 95.7 Å². The van der Waals surface area contributed by atoms with E-state index < -0.39 is 29.5 Å². The molecule has 186 valence electrons. The number of anilines is 1. The van der Waals surface area contributed by atoms with Gasteiger partial charge >= 0.3 is 12.1 Å². The fraction of sp³-hybridized carbons (Fsp3) is 0.120. The maximum atomic E-state index is 14.0. The van der Waals surface area contributed by atoms with Gasteiger partial charge in [-0.1, -0.05) is 30.3 Å². The van der Waals surface area contributed by atoms with Crippen LogP contribution in [0.2, 0.25) is 0 Å². The summed E-state index contributed by atoms with van der Waals surface area (Å²) >= 11 is 0. The van der Waals surface area contributed by atoms with Gasteiger partial charge in [-0.3, -0.25) is 14.0 Å². The van der Waals surface area contributed by atoms with Crippen molar-refractivity contribution >= 4 is 22.9 Å². The summed E-state index contributed by atoms with van der Waals surface area (Å²) < 4.78 is 68.3. The number of halogens is 5. The van der Waals surface area contributed by atoms with Crippen LogP contribution in [-0.4, -0.2) is 35.1 Å². The van der Waals surface area contributed by atoms with Gasteiger partial charge in [0.05, 0.1) is 12.3 Å². The Morgan fingerprint density at radius 1 is 1.03 bits per heavy atom. The maximum Gasteiger partial charge on any atom is 0.471 e. The summed E-state index contributed by atoms with van der Waals surface area (Å²) in [5.74, 6) is -4.65. The molecule has 0 atom stereocenters. The molecule has 0 aliphatic rings. The van der Waals surface area contributed by atoms with Crippen LogP contribution >= 0.6 is 0 Å². The molecular weight excluding hydrogens is 483 g/mol. The van der Waals surface area contributed by atoms with Gasteiger partial charge in [0.15, 0.2) is 5.82 Å². The van der Waals surface area contributed by atoms with Crippen LogP contribution in [0.1, 0.15) is 11.1 Å². The Hall–Kier alpha value is -4.09. The first-order valence-electron chi connectivity index (χ1n) is 10.6. The van der Waals surface area contributed by atoms with Crippen LogP contribution in [0.3, 0.4) is 0 Å². The quantitative estimate of drug-likeness (QED) is 0.203. The van der Waals surface area contributed by atoms with E-state index in [1.165, 1.54) is 10.5 Å². The summed E-state index contributed by atoms with van der Waals surface area (Å²) in [4.78, 5) is 21.0. The molecule has 0 saturated heterocycles. The highest BCUT2D eigenvalue weighted by atomic mass is 19.4. The van der Waals surface area contributed by atoms with Crippen molar-refractivity contribution in [2.24, 2.45) is 0 Å². The van der Waals surface area contributed by atoms with E-state index in [1.54, 1.807) is 30.7 Å². The van der Waals surface area contributed by atoms with Crippen LogP contribution in [0.15, 0.2) is 72.9 Å². The number of rotatable bonds is 7. The molecule has 2 aromatic heterocycles. The highest BCUT2D eigenvalue weighted by Crippen LogP contribution is 2.33. The van der Waals surface area contributed by atoms with Crippen LogP contribution in [0.5, 0.6) is 0 Å². The number of carbonyl (C=O) groups is 1. The Bertz CT molecular complexity index is 1410. The van der Waals surface area contributed by atoms with E-state index >= 15 is 0 Å². The molecule has 4 aromatic rings. The van der Waals surface area contributed by atoms with Gasteiger partial charge in [-0.2, -0.15) is 13.2 Å². The van der Waals surface area contributed by atoms with Gasteiger partial charge in [0, 0.05) is 24.9 Å². The number of nitrogens with one attached hydrogen (secondary N) is 2. The molecule has 2 N–H and O–H groups in total. The van der Waals surface area contributed by atoms with E-state index in [2.05, 4.69) is 10.5 Å². The van der Waals surface area contributed by atoms with Crippen molar-refractivity contribution in [1.29, 1.82) is 0 Å². The van der Waals surface area contributed by atoms with Crippen LogP contribution in [0.4, 0.5) is 27.8 Å². The van der Waals surface area contributed by atoms with Crippen LogP contribution in [0, 0.1) is 11.6 Å². The van der Waals surface area contributed by atoms with Gasteiger partial charge in [-0.05, 0) is 47.0 Å². The fourth-order valence-corrected chi connectivity index (χ4v) is 3.66. The van der Waals surface area contributed by atoms with Crippen molar-refractivity contribution in [2.75, 3.05) is 19.0 Å². The molecule has 0 saturated carbocycles. The molecule has 0 aliphatic carbocycles. The van der Waals surface area contributed by atoms with Gasteiger partial charge < -0.3 is 5.32 Å². The topological polar surface area (TPSA) is 67.7 Å². The van der Waals surface area contributed by atoms with Gasteiger partial charge in [0.2, 0.25) is 0 Å². The highest BCUT2D eigenvalue weighted by Gasteiger charge is 2.39. The van der Waals surface area contributed by atoms with E-state index in [0.717, 1.165) is 23.3 Å². The normalized spacial score (nSPS) is 12.2. The van der Waals surface area contributed by atoms with Crippen molar-refractivity contribution in [1.82, 2.24) is 14.9 Å². The second-order valence-electron chi connectivity index (χ2n) is 7.56. The second kappa shape index (κ2) is 10.3. The molecule has 0 bridgehead atoms. The molecule has 0 unspecified atom stereocenters. The Kier molecular flexibility index (Phi) is 7.13. The third-order valence-corrected chi connectivity index (χ3v) is 5.15. The number of fused-ring (bicyclic) bond motifs is 1. The molecular formula is C25H19F5N4O2. The third-order valence-electron chi connectivity index (χ3n) is 5.15. The predicted molar refractivity (Wildman–Crippen MR) is 124 cm³/mol. The summed E-state index contributed by atoms with van der Waals surface area (Å²) in [7, 11) is 1.61. The number of amides is 1. The first-order valence-corrected chi connectivity index (χ1v) is 10.6. The minimum absolute atomic E-state index is 0.113. The SMILES string of the molecule is CNOC/C=C(\c1ccccc1)c1ccc2nc(NC(=O)C(F)(F)F)c(-c3cc(F)cc(F)c3)n2c1. The lowest BCUT2D eigenvalue weighted by Gasteiger charge is -2.12. The number of hydrogen-bond acceptors (Lipinski definition) is 4. The summed E-state index contributed by atoms with van der Waals surface area (Å²) in [5, 5.41) is 1.72. The molecule has 2 aromatic carbocycles. The number of hydrogen-bond donors (Lipinski definition) is 2. The summed E-state index contributed by atoms with van der Waals surface area (Å²) in [5.41, 5.74) is 4.63. The van der Waals surface area contributed by atoms with Gasteiger partial charge in [-0.25, -0.2) is 19.2 Å². The maximum absolute atomic E-state index is 14.0. The number of nitrogens with zero attached hydrogens (tertiary/aromatic N) is 2. The highest BCUT2D eigenvalue weighted by molar-refractivity contribution is 5.98. The summed E-state index contributed by atoms with van der Waals surface area (Å²) in [6, 6.07) is 15.0. The second-order valence-corrected chi connectivity index (χ2v) is 7.56. The number of alkyl halides is 3. The van der Waals surface area contributed by atoms with Crippen molar-refractivity contribution in [3.63, 3.8) is 0 Å². The Balaban J connectivity index is 1.93. The number of imidazole rings is 1. The number of pyridine rings is 1. The minimum atomic E-state index is -5.19. The average Bonchev–Trinajstić information content (AvgIpc) is 3.18. The first-order chi connectivity index (χ1) is 17.2. The molecule has 0 aliphatic heterocycles. The lowest BCUT2D eigenvalue weighted by atomic mass is 9.99. The zero-order valence-corrected chi connectivity index (χ0v) is 18.7. The molecule has 11 heteroatoms. The zero-order valence-electron chi connectivity index (χ0n) is 18.7. The van der Waals surface area contributed by atoms with Gasteiger partial charge in [-0.15, -0.1) is 0 Å². The Morgan fingerprint density at radius 2 is 1.72 bits per heavy atom. The van der Waals surface area contributed by atoms with E-state index in [1.807, 2.05) is 30.3 Å². The molecule has 2 heterocycles. The van der Waals surface area contributed by atoms with Crippen molar-refractivity contribution < 1.29 is 31.6 Å². The van der Waals surface area contributed by atoms with E-state index in [-0.39, 0.29) is 23.5 Å². The van der Waals surface area contributed by atoms with Crippen LogP contribution in [0.25, 0.3) is 22.5 Å². The largest absolute Gasteiger partial charge is 0.471 e. The molecule has 36 heavy (non-hydrogen) atoms. The van der Waals surface area contributed by atoms with E-state index in [0.29, 0.717) is 11.6 Å². The Labute approximate surface area is 202 Å². The molecule has 0 radical (unpaired) electrons. The standard InChI is InChI=1S/C25H19F5N4O2/c1-31-36-10-9-20(15-5-3-2-4-6-15)16-7-8-21-32-23(33-24(35)25(28,29)30)22(34(21)14-16)17-11-18(26)13-19(27)12-17/h2-9,11-14,31H,10H2,1H3,(H,33,35)/b20-9+. The minimum Gasteiger partial charge on any atom is -0.301 e. The lowest BCUT2D eigenvalue weighted by molar-refractivity contribution is -0.167. The fourth-order valence-electron chi connectivity index (χ4n) is 3.66. The molecule has 1 amide bonds. The lowest BCUT2D eigenvalue weighted by Crippen LogP contribution is -2.30. The third kappa shape index (κ3) is 5.42. The van der Waals surface area contributed by atoms with E-state index in [4.69, 9.17) is 4.84 Å². The van der Waals surface area contributed by atoms with Crippen LogP contribution < -0.4 is 10.8 Å². The average molecular weight is 502 g/mol. The van der Waals surface area contributed by atoms with Gasteiger partial charge in [0.1, 0.15) is 17.3 Å². The summed E-state index contributed by atoms with van der Waals surface area (Å²) in [6.07, 6.45) is -1.85. The zero-order chi connectivity index (χ0) is 25.9. The van der Waals surface area contributed by atoms with Crippen molar-refractivity contribution in [2.45, 2.75) is 6.18 Å². The summed E-state index contributed by atoms with van der Waals surface area (Å²) in [6.45, 7) is 0.192. The monoisotopic (exact) mass is 502 g/mol. The smallest absolute Gasteiger partial charge is 0.301 e. The Morgan fingerprint density at radius 3 is 2.36 bits per heavy atom. The number of hydroxylamine groups is 1. The van der Waals surface area contributed by atoms with Crippen molar-refractivity contribution in [3.8, 4) is 11.3 Å². The predicted octanol–water partition coefficient (Wildman–Crippen LogP) is 5.36. The molecule has 6 nitrogen and oxygen atoms in total. The first kappa shape index (κ1) is 25.0. The molecule has 0 fully saturated rings. The number of aromatic nitrogens is 2. The van der Waals surface area contributed by atoms with E-state index in [9.17, 15) is 26.7 Å².